The minimum Gasteiger partial charge on any atom is -0.368 e. The Hall–Kier alpha value is -1.01. The maximum Gasteiger partial charge on any atom is 0.296 e. The van der Waals surface area contributed by atoms with Crippen LogP contribution in [0.2, 0.25) is 0 Å². The minimum absolute atomic E-state index is 0.204. The van der Waals surface area contributed by atoms with Crippen LogP contribution in [0, 0.1) is 0 Å². The molecule has 0 aromatic heterocycles. The first-order chi connectivity index (χ1) is 9.37. The Kier molecular flexibility index (Phi) is 3.33. The summed E-state index contributed by atoms with van der Waals surface area (Å²) in [5.74, 6) is 0.0716. The number of hydrogen-bond donors (Lipinski definition) is 1. The molecule has 0 unspecified atom stereocenters. The summed E-state index contributed by atoms with van der Waals surface area (Å²) in [7, 11) is 0. The van der Waals surface area contributed by atoms with Crippen LogP contribution in [0.3, 0.4) is 0 Å². The van der Waals surface area contributed by atoms with Gasteiger partial charge >= 0.3 is 0 Å². The van der Waals surface area contributed by atoms with E-state index in [1.807, 2.05) is 17.8 Å². The zero-order valence-electron chi connectivity index (χ0n) is 11.3. The summed E-state index contributed by atoms with van der Waals surface area (Å²) >= 11 is 5.50. The maximum absolute atomic E-state index is 11.7. The molecule has 1 fully saturated rings. The van der Waals surface area contributed by atoms with Crippen LogP contribution in [-0.2, 0) is 4.79 Å². The van der Waals surface area contributed by atoms with Gasteiger partial charge in [0.05, 0.1) is 16.9 Å². The Morgan fingerprint density at radius 2 is 2.10 bits per heavy atom. The third-order valence-corrected chi connectivity index (χ3v) is 5.48. The van der Waals surface area contributed by atoms with E-state index in [0.29, 0.717) is 11.3 Å². The lowest BCUT2D eigenvalue weighted by atomic mass is 10.1. The van der Waals surface area contributed by atoms with Crippen molar-refractivity contribution in [1.29, 1.82) is 0 Å². The Labute approximate surface area is 130 Å². The molecular formula is C14H15BrN2O2S. The lowest BCUT2D eigenvalue weighted by molar-refractivity contribution is -0.112. The molecule has 106 valence electrons. The summed E-state index contributed by atoms with van der Waals surface area (Å²) in [6.07, 6.45) is 0. The average molecular weight is 355 g/mol. The van der Waals surface area contributed by atoms with Crippen LogP contribution in [-0.4, -0.2) is 35.3 Å². The summed E-state index contributed by atoms with van der Waals surface area (Å²) in [4.78, 5) is 25.4. The van der Waals surface area contributed by atoms with Crippen LogP contribution < -0.4 is 10.2 Å². The SMILES string of the molecule is CC1(C)CN(c2cc3c(cc2Br)C(=O)C(=O)N3)CCS1. The van der Waals surface area contributed by atoms with E-state index in [2.05, 4.69) is 40.0 Å². The summed E-state index contributed by atoms with van der Waals surface area (Å²) in [5.41, 5.74) is 2.11. The highest BCUT2D eigenvalue weighted by Crippen LogP contribution is 2.39. The van der Waals surface area contributed by atoms with Gasteiger partial charge in [-0.25, -0.2) is 0 Å². The summed E-state index contributed by atoms with van der Waals surface area (Å²) in [6, 6.07) is 3.65. The number of nitrogens with one attached hydrogen (secondary N) is 1. The fraction of sp³-hybridized carbons (Fsp3) is 0.429. The summed E-state index contributed by atoms with van der Waals surface area (Å²) in [5, 5.41) is 2.63. The van der Waals surface area contributed by atoms with Crippen LogP contribution in [0.15, 0.2) is 16.6 Å². The number of carbonyl (C=O) groups is 2. The van der Waals surface area contributed by atoms with Crippen molar-refractivity contribution in [3.63, 3.8) is 0 Å². The Morgan fingerprint density at radius 1 is 1.35 bits per heavy atom. The van der Waals surface area contributed by atoms with E-state index in [4.69, 9.17) is 0 Å². The zero-order valence-corrected chi connectivity index (χ0v) is 13.7. The Morgan fingerprint density at radius 3 is 2.80 bits per heavy atom. The van der Waals surface area contributed by atoms with Gasteiger partial charge in [0, 0.05) is 28.1 Å². The van der Waals surface area contributed by atoms with Crippen LogP contribution in [0.1, 0.15) is 24.2 Å². The molecule has 20 heavy (non-hydrogen) atoms. The molecule has 0 saturated carbocycles. The van der Waals surface area contributed by atoms with Crippen molar-refractivity contribution >= 4 is 50.8 Å². The molecular weight excluding hydrogens is 340 g/mol. The van der Waals surface area contributed by atoms with Gasteiger partial charge < -0.3 is 10.2 Å². The summed E-state index contributed by atoms with van der Waals surface area (Å²) in [6.45, 7) is 6.37. The highest BCUT2D eigenvalue weighted by molar-refractivity contribution is 9.10. The lowest BCUT2D eigenvalue weighted by Crippen LogP contribution is -2.43. The molecule has 4 nitrogen and oxygen atoms in total. The van der Waals surface area contributed by atoms with Crippen molar-refractivity contribution < 1.29 is 9.59 Å². The highest BCUT2D eigenvalue weighted by Gasteiger charge is 2.32. The monoisotopic (exact) mass is 354 g/mol. The second kappa shape index (κ2) is 4.77. The molecule has 0 spiro atoms. The second-order valence-electron chi connectivity index (χ2n) is 5.66. The van der Waals surface area contributed by atoms with Gasteiger partial charge in [0.25, 0.3) is 11.7 Å². The van der Waals surface area contributed by atoms with Crippen molar-refractivity contribution in [2.45, 2.75) is 18.6 Å². The van der Waals surface area contributed by atoms with E-state index in [-0.39, 0.29) is 4.75 Å². The zero-order chi connectivity index (χ0) is 14.5. The number of fused-ring (bicyclic) bond motifs is 1. The van der Waals surface area contributed by atoms with Crippen LogP contribution in [0.4, 0.5) is 11.4 Å². The molecule has 0 aliphatic carbocycles. The van der Waals surface area contributed by atoms with Gasteiger partial charge in [0.15, 0.2) is 0 Å². The molecule has 0 radical (unpaired) electrons. The fourth-order valence-corrected chi connectivity index (χ4v) is 4.32. The predicted molar refractivity (Wildman–Crippen MR) is 85.9 cm³/mol. The number of benzene rings is 1. The first-order valence-corrected chi connectivity index (χ1v) is 8.23. The third-order valence-electron chi connectivity index (χ3n) is 3.55. The van der Waals surface area contributed by atoms with Gasteiger partial charge in [-0.15, -0.1) is 0 Å². The first kappa shape index (κ1) is 13.9. The second-order valence-corrected chi connectivity index (χ2v) is 8.32. The number of thioether (sulfide) groups is 1. The van der Waals surface area contributed by atoms with Crippen molar-refractivity contribution in [2.75, 3.05) is 29.1 Å². The highest BCUT2D eigenvalue weighted by atomic mass is 79.9. The van der Waals surface area contributed by atoms with Crippen molar-refractivity contribution in [3.8, 4) is 0 Å². The molecule has 3 rings (SSSR count). The van der Waals surface area contributed by atoms with Crippen LogP contribution >= 0.6 is 27.7 Å². The van der Waals surface area contributed by atoms with E-state index >= 15 is 0 Å². The quantitative estimate of drug-likeness (QED) is 0.787. The molecule has 1 amide bonds. The van der Waals surface area contributed by atoms with Gasteiger partial charge in [-0.2, -0.15) is 11.8 Å². The molecule has 2 aliphatic rings. The fourth-order valence-electron chi connectivity index (χ4n) is 2.62. The van der Waals surface area contributed by atoms with E-state index in [1.165, 1.54) is 0 Å². The molecule has 1 N–H and O–H groups in total. The molecule has 1 saturated heterocycles. The number of halogens is 1. The summed E-state index contributed by atoms with van der Waals surface area (Å²) < 4.78 is 1.07. The Bertz CT molecular complexity index is 615. The molecule has 1 aromatic rings. The van der Waals surface area contributed by atoms with Gasteiger partial charge in [0.2, 0.25) is 0 Å². The van der Waals surface area contributed by atoms with E-state index < -0.39 is 11.7 Å². The number of nitrogens with zero attached hydrogens (tertiary/aromatic N) is 1. The predicted octanol–water partition coefficient (Wildman–Crippen LogP) is 2.92. The number of amides is 1. The van der Waals surface area contributed by atoms with Gasteiger partial charge in [-0.3, -0.25) is 9.59 Å². The van der Waals surface area contributed by atoms with E-state index in [0.717, 1.165) is 29.0 Å². The number of carbonyl (C=O) groups excluding carboxylic acids is 2. The number of hydrogen-bond acceptors (Lipinski definition) is 4. The smallest absolute Gasteiger partial charge is 0.296 e. The number of Topliss-reactive ketones (excluding diaryl/α,β-unsaturated/α-hetero) is 1. The third kappa shape index (κ3) is 2.35. The maximum atomic E-state index is 11.7. The first-order valence-electron chi connectivity index (χ1n) is 6.45. The molecule has 2 heterocycles. The molecule has 2 aliphatic heterocycles. The topological polar surface area (TPSA) is 49.4 Å². The number of ketones is 1. The largest absolute Gasteiger partial charge is 0.368 e. The van der Waals surface area contributed by atoms with Crippen molar-refractivity contribution in [3.05, 3.63) is 22.2 Å². The average Bonchev–Trinajstić information content (AvgIpc) is 2.63. The molecule has 0 bridgehead atoms. The number of rotatable bonds is 1. The Balaban J connectivity index is 1.98. The molecule has 6 heteroatoms. The number of anilines is 2. The van der Waals surface area contributed by atoms with Gasteiger partial charge in [-0.1, -0.05) is 0 Å². The minimum atomic E-state index is -0.543. The van der Waals surface area contributed by atoms with Crippen LogP contribution in [0.5, 0.6) is 0 Å². The molecule has 1 aromatic carbocycles. The standard InChI is InChI=1S/C14H15BrN2O2S/c1-14(2)7-17(3-4-20-14)11-6-10-8(5-9(11)15)12(18)13(19)16-10/h5-6H,3-4,7H2,1-2H3,(H,16,18,19). The lowest BCUT2D eigenvalue weighted by Gasteiger charge is -2.39. The van der Waals surface area contributed by atoms with Gasteiger partial charge in [0.1, 0.15) is 0 Å². The van der Waals surface area contributed by atoms with E-state index in [9.17, 15) is 9.59 Å². The van der Waals surface area contributed by atoms with Crippen LogP contribution in [0.25, 0.3) is 0 Å². The van der Waals surface area contributed by atoms with Gasteiger partial charge in [-0.05, 0) is 41.9 Å². The van der Waals surface area contributed by atoms with E-state index in [1.54, 1.807) is 6.07 Å². The van der Waals surface area contributed by atoms with Crippen molar-refractivity contribution in [2.24, 2.45) is 0 Å². The normalized spacial score (nSPS) is 20.9. The molecule has 0 atom stereocenters. The van der Waals surface area contributed by atoms with Crippen molar-refractivity contribution in [1.82, 2.24) is 0 Å².